The average molecular weight is 212 g/mol. The first-order valence-corrected chi connectivity index (χ1v) is 4.01. The van der Waals surface area contributed by atoms with Gasteiger partial charge in [-0.25, -0.2) is 0 Å². The summed E-state index contributed by atoms with van der Waals surface area (Å²) in [5, 5.41) is 17.5. The minimum absolute atomic E-state index is 0. The van der Waals surface area contributed by atoms with Crippen LogP contribution >= 0.6 is 0 Å². The van der Waals surface area contributed by atoms with E-state index in [-0.39, 0.29) is 18.8 Å². The molecule has 0 aromatic carbocycles. The Labute approximate surface area is 85.2 Å². The summed E-state index contributed by atoms with van der Waals surface area (Å²) in [6, 6.07) is 0. The number of nitrogens with zero attached hydrogens (tertiary/aromatic N) is 1. The van der Waals surface area contributed by atoms with E-state index < -0.39 is 12.1 Å². The van der Waals surface area contributed by atoms with Crippen molar-refractivity contribution in [2.24, 2.45) is 0 Å². The molecule has 0 radical (unpaired) electrons. The van der Waals surface area contributed by atoms with Crippen molar-refractivity contribution in [1.29, 1.82) is 0 Å². The van der Waals surface area contributed by atoms with Crippen molar-refractivity contribution in [1.82, 2.24) is 0 Å². The Kier molecular flexibility index (Phi) is 7.21. The van der Waals surface area contributed by atoms with Gasteiger partial charge in [0, 0.05) is 6.42 Å². The highest BCUT2D eigenvalue weighted by Gasteiger charge is 2.14. The second-order valence-corrected chi connectivity index (χ2v) is 4.05. The number of carbonyl (C=O) groups is 1. The quantitative estimate of drug-likeness (QED) is 0.475. The summed E-state index contributed by atoms with van der Waals surface area (Å²) in [5.41, 5.74) is 0. The number of carboxylic acid groups (broad SMARTS) is 1. The zero-order valence-corrected chi connectivity index (χ0v) is 9.08. The van der Waals surface area contributed by atoms with Gasteiger partial charge in [0.15, 0.2) is 0 Å². The number of hydrogen-bond acceptors (Lipinski definition) is 2. The number of rotatable bonds is 5. The van der Waals surface area contributed by atoms with Crippen LogP contribution in [-0.4, -0.2) is 54.5 Å². The summed E-state index contributed by atoms with van der Waals surface area (Å²) in [5.74, 6) is -0.941. The monoisotopic (exact) mass is 211 g/mol. The molecule has 0 heterocycles. The normalized spacial score (nSPS) is 13.2. The molecule has 80 valence electrons. The third-order valence-electron chi connectivity index (χ3n) is 1.54. The van der Waals surface area contributed by atoms with E-state index in [9.17, 15) is 9.90 Å². The molecule has 0 saturated heterocycles. The molecule has 0 fully saturated rings. The Balaban J connectivity index is 0. The maximum Gasteiger partial charge on any atom is 0.305 e. The molecule has 0 bridgehead atoms. The van der Waals surface area contributed by atoms with Crippen molar-refractivity contribution >= 4 is 5.97 Å². The summed E-state index contributed by atoms with van der Waals surface area (Å²) in [6.07, 6.45) is -0.324. The van der Waals surface area contributed by atoms with E-state index in [1.165, 1.54) is 0 Å². The smallest absolute Gasteiger partial charge is 0.305 e. The highest BCUT2D eigenvalue weighted by atomic mass is 35.5. The Bertz CT molecular complexity index is 156. The Morgan fingerprint density at radius 2 is 1.85 bits per heavy atom. The van der Waals surface area contributed by atoms with Crippen molar-refractivity contribution < 1.29 is 31.9 Å². The van der Waals surface area contributed by atoms with E-state index in [2.05, 4.69) is 0 Å². The molecule has 0 saturated carbocycles. The molecule has 0 amide bonds. The number of aliphatic carboxylic acids is 1. The minimum atomic E-state index is -0.941. The lowest BCUT2D eigenvalue weighted by atomic mass is 10.2. The molecular formula is C8H18ClNO3. The first kappa shape index (κ1) is 15.2. The van der Waals surface area contributed by atoms with Gasteiger partial charge in [-0.05, 0) is 0 Å². The summed E-state index contributed by atoms with van der Waals surface area (Å²) in [6.45, 7) is 0.786. The van der Waals surface area contributed by atoms with Crippen molar-refractivity contribution in [3.8, 4) is 0 Å². The second-order valence-electron chi connectivity index (χ2n) is 4.05. The average Bonchev–Trinajstić information content (AvgIpc) is 1.80. The van der Waals surface area contributed by atoms with Crippen molar-refractivity contribution in [3.05, 3.63) is 0 Å². The zero-order valence-electron chi connectivity index (χ0n) is 8.33. The van der Waals surface area contributed by atoms with Gasteiger partial charge in [0.1, 0.15) is 0 Å². The van der Waals surface area contributed by atoms with Gasteiger partial charge in [-0.1, -0.05) is 0 Å². The molecule has 1 unspecified atom stereocenters. The highest BCUT2D eigenvalue weighted by molar-refractivity contribution is 5.67. The van der Waals surface area contributed by atoms with Crippen LogP contribution < -0.4 is 12.4 Å². The van der Waals surface area contributed by atoms with Crippen LogP contribution in [0.1, 0.15) is 12.8 Å². The number of aliphatic hydroxyl groups is 1. The molecule has 0 spiro atoms. The van der Waals surface area contributed by atoms with Gasteiger partial charge >= 0.3 is 5.97 Å². The third-order valence-corrected chi connectivity index (χ3v) is 1.54. The van der Waals surface area contributed by atoms with E-state index in [1.54, 1.807) is 0 Å². The summed E-state index contributed by atoms with van der Waals surface area (Å²) in [7, 11) is 6.02. The Morgan fingerprint density at radius 3 is 2.15 bits per heavy atom. The fourth-order valence-electron chi connectivity index (χ4n) is 0.840. The summed E-state index contributed by atoms with van der Waals surface area (Å²) in [4.78, 5) is 10.2. The van der Waals surface area contributed by atoms with Gasteiger partial charge < -0.3 is 27.1 Å². The highest BCUT2D eigenvalue weighted by Crippen LogP contribution is 2.01. The van der Waals surface area contributed by atoms with Crippen molar-refractivity contribution in [3.63, 3.8) is 0 Å². The van der Waals surface area contributed by atoms with Crippen LogP contribution in [-0.2, 0) is 4.79 Å². The SMILES string of the molecule is C[N+](C)(C)CCC(O)CC(=O)O.[Cl-]. The van der Waals surface area contributed by atoms with Crippen LogP contribution in [0.2, 0.25) is 0 Å². The number of carboxylic acids is 1. The standard InChI is InChI=1S/C8H17NO3.ClH/c1-9(2,3)5-4-7(10)6-8(11)12;/h7,10H,4-6H2,1-3H3;1H. The molecule has 0 aromatic heterocycles. The van der Waals surface area contributed by atoms with E-state index >= 15 is 0 Å². The molecule has 0 aromatic rings. The van der Waals surface area contributed by atoms with Gasteiger partial charge in [0.2, 0.25) is 0 Å². The fourth-order valence-corrected chi connectivity index (χ4v) is 0.840. The maximum atomic E-state index is 10.2. The van der Waals surface area contributed by atoms with E-state index in [1.807, 2.05) is 21.1 Å². The zero-order chi connectivity index (χ0) is 9.78. The van der Waals surface area contributed by atoms with Crippen LogP contribution in [0.3, 0.4) is 0 Å². The maximum absolute atomic E-state index is 10.2. The van der Waals surface area contributed by atoms with Crippen LogP contribution in [0.5, 0.6) is 0 Å². The van der Waals surface area contributed by atoms with Gasteiger partial charge in [-0.2, -0.15) is 0 Å². The molecule has 0 rings (SSSR count). The minimum Gasteiger partial charge on any atom is -1.00 e. The van der Waals surface area contributed by atoms with Gasteiger partial charge in [0.05, 0.1) is 40.2 Å². The first-order chi connectivity index (χ1) is 5.31. The van der Waals surface area contributed by atoms with Crippen molar-refractivity contribution in [2.75, 3.05) is 27.7 Å². The number of halogens is 1. The lowest BCUT2D eigenvalue weighted by Crippen LogP contribution is -3.00. The molecule has 0 aliphatic heterocycles. The van der Waals surface area contributed by atoms with Crippen LogP contribution in [0.4, 0.5) is 0 Å². The summed E-state index contributed by atoms with van der Waals surface area (Å²) >= 11 is 0. The molecule has 0 aliphatic carbocycles. The predicted molar refractivity (Wildman–Crippen MR) is 45.8 cm³/mol. The Hall–Kier alpha value is -0.320. The molecule has 13 heavy (non-hydrogen) atoms. The fraction of sp³-hybridized carbons (Fsp3) is 0.875. The topological polar surface area (TPSA) is 57.5 Å². The number of aliphatic hydroxyl groups excluding tert-OH is 1. The van der Waals surface area contributed by atoms with Crippen LogP contribution in [0, 0.1) is 0 Å². The van der Waals surface area contributed by atoms with Gasteiger partial charge in [-0.3, -0.25) is 4.79 Å². The van der Waals surface area contributed by atoms with Crippen molar-refractivity contribution in [2.45, 2.75) is 18.9 Å². The molecule has 4 nitrogen and oxygen atoms in total. The number of hydrogen-bond donors (Lipinski definition) is 2. The predicted octanol–water partition coefficient (Wildman–Crippen LogP) is -3.08. The van der Waals surface area contributed by atoms with E-state index in [4.69, 9.17) is 5.11 Å². The molecule has 0 aliphatic rings. The Morgan fingerprint density at radius 1 is 1.38 bits per heavy atom. The molecule has 2 N–H and O–H groups in total. The first-order valence-electron chi connectivity index (χ1n) is 4.01. The van der Waals surface area contributed by atoms with E-state index in [0.717, 1.165) is 11.0 Å². The van der Waals surface area contributed by atoms with E-state index in [0.29, 0.717) is 6.42 Å². The van der Waals surface area contributed by atoms with Gasteiger partial charge in [0.25, 0.3) is 0 Å². The van der Waals surface area contributed by atoms with Crippen LogP contribution in [0.15, 0.2) is 0 Å². The second kappa shape index (κ2) is 6.18. The van der Waals surface area contributed by atoms with Crippen LogP contribution in [0.25, 0.3) is 0 Å². The lowest BCUT2D eigenvalue weighted by molar-refractivity contribution is -0.870. The van der Waals surface area contributed by atoms with Gasteiger partial charge in [-0.15, -0.1) is 0 Å². The molecule has 1 atom stereocenters. The molecular weight excluding hydrogens is 194 g/mol. The lowest BCUT2D eigenvalue weighted by Gasteiger charge is -2.24. The largest absolute Gasteiger partial charge is 1.00 e. The number of quaternary nitrogens is 1. The third kappa shape index (κ3) is 11.7. The molecule has 5 heteroatoms. The summed E-state index contributed by atoms with van der Waals surface area (Å²) < 4.78 is 0.747.